The van der Waals surface area contributed by atoms with E-state index in [2.05, 4.69) is 10.5 Å². The van der Waals surface area contributed by atoms with Gasteiger partial charge in [-0.2, -0.15) is 5.48 Å². The molecule has 0 unspecified atom stereocenters. The van der Waals surface area contributed by atoms with Gasteiger partial charge >= 0.3 is 5.97 Å². The zero-order valence-electron chi connectivity index (χ0n) is 9.12. The number of hydrogen-bond donors (Lipinski definition) is 3. The van der Waals surface area contributed by atoms with Gasteiger partial charge in [0, 0.05) is 29.8 Å². The number of nitrogens with one attached hydrogen (secondary N) is 2. The average molecular weight is 232 g/mol. The smallest absolute Gasteiger partial charge is 0.331 e. The van der Waals surface area contributed by atoms with Crippen LogP contribution in [0.1, 0.15) is 16.8 Å². The molecule has 0 radical (unpaired) electrons. The summed E-state index contributed by atoms with van der Waals surface area (Å²) in [6.45, 7) is 0.743. The Labute approximate surface area is 97.7 Å². The van der Waals surface area contributed by atoms with Crippen LogP contribution < -0.4 is 10.3 Å². The maximum Gasteiger partial charge on any atom is 0.331 e. The lowest BCUT2D eigenvalue weighted by molar-refractivity contribution is -0.132. The van der Waals surface area contributed by atoms with Crippen LogP contribution in [0.5, 0.6) is 5.88 Å². The van der Waals surface area contributed by atoms with Crippen LogP contribution in [0.4, 0.5) is 0 Å². The molecule has 88 valence electrons. The summed E-state index contributed by atoms with van der Waals surface area (Å²) in [6, 6.07) is 0. The number of allylic oxidation sites excluding steroid dienone is 2. The summed E-state index contributed by atoms with van der Waals surface area (Å²) < 4.78 is 0. The van der Waals surface area contributed by atoms with Crippen LogP contribution in [-0.2, 0) is 17.6 Å². The number of aromatic amines is 1. The molecule has 5 heteroatoms. The fourth-order valence-electron chi connectivity index (χ4n) is 2.22. The van der Waals surface area contributed by atoms with Crippen LogP contribution in [0.3, 0.4) is 0 Å². The molecule has 5 nitrogen and oxygen atoms in total. The van der Waals surface area contributed by atoms with Crippen molar-refractivity contribution in [1.82, 2.24) is 10.5 Å². The predicted octanol–water partition coefficient (Wildman–Crippen LogP) is 1.03. The van der Waals surface area contributed by atoms with Crippen LogP contribution >= 0.6 is 0 Å². The molecular weight excluding hydrogens is 220 g/mol. The lowest BCUT2D eigenvalue weighted by Crippen LogP contribution is -2.26. The Bertz CT molecular complexity index is 540. The van der Waals surface area contributed by atoms with E-state index in [0.29, 0.717) is 17.9 Å². The van der Waals surface area contributed by atoms with Crippen molar-refractivity contribution in [2.24, 2.45) is 0 Å². The minimum absolute atomic E-state index is 0.403. The number of carboxylic acid groups (broad SMARTS) is 1. The quantitative estimate of drug-likeness (QED) is 0.676. The van der Waals surface area contributed by atoms with Gasteiger partial charge in [0.1, 0.15) is 0 Å². The number of rotatable bonds is 1. The van der Waals surface area contributed by atoms with E-state index >= 15 is 0 Å². The molecule has 1 aromatic heterocycles. The topological polar surface area (TPSA) is 74.3 Å². The normalized spacial score (nSPS) is 17.5. The zero-order chi connectivity index (χ0) is 11.8. The second-order valence-electron chi connectivity index (χ2n) is 4.10. The second kappa shape index (κ2) is 3.78. The summed E-state index contributed by atoms with van der Waals surface area (Å²) in [5.41, 5.74) is 6.27. The van der Waals surface area contributed by atoms with Crippen LogP contribution in [0.15, 0.2) is 17.7 Å². The molecule has 1 aliphatic heterocycles. The van der Waals surface area contributed by atoms with Crippen molar-refractivity contribution in [2.45, 2.75) is 12.8 Å². The summed E-state index contributed by atoms with van der Waals surface area (Å²) in [5, 5.41) is 9.07. The third kappa shape index (κ3) is 1.64. The van der Waals surface area contributed by atoms with Gasteiger partial charge in [-0.25, -0.2) is 4.79 Å². The Morgan fingerprint density at radius 3 is 3.12 bits per heavy atom. The monoisotopic (exact) mass is 232 g/mol. The summed E-state index contributed by atoms with van der Waals surface area (Å²) in [6.07, 6.45) is 6.57. The number of hydrogen-bond acceptors (Lipinski definition) is 3. The fourth-order valence-corrected chi connectivity index (χ4v) is 2.22. The number of aromatic nitrogens is 1. The van der Waals surface area contributed by atoms with E-state index < -0.39 is 5.97 Å². The maximum absolute atomic E-state index is 11.1. The number of aliphatic carboxylic acids is 1. The minimum Gasteiger partial charge on any atom is -0.478 e. The van der Waals surface area contributed by atoms with Gasteiger partial charge in [0.25, 0.3) is 0 Å². The number of H-pyrrole nitrogens is 1. The lowest BCUT2D eigenvalue weighted by Gasteiger charge is -2.14. The summed E-state index contributed by atoms with van der Waals surface area (Å²) in [7, 11) is 0. The first-order valence-corrected chi connectivity index (χ1v) is 5.49. The zero-order valence-corrected chi connectivity index (χ0v) is 9.12. The van der Waals surface area contributed by atoms with Gasteiger partial charge in [-0.3, -0.25) is 0 Å². The number of hydroxylamine groups is 1. The molecule has 1 aliphatic carbocycles. The first-order valence-electron chi connectivity index (χ1n) is 5.49. The van der Waals surface area contributed by atoms with Crippen molar-refractivity contribution in [3.63, 3.8) is 0 Å². The van der Waals surface area contributed by atoms with Crippen molar-refractivity contribution in [1.29, 1.82) is 0 Å². The summed E-state index contributed by atoms with van der Waals surface area (Å²) in [4.78, 5) is 19.5. The highest BCUT2D eigenvalue weighted by molar-refractivity contribution is 5.88. The van der Waals surface area contributed by atoms with Gasteiger partial charge < -0.3 is 14.9 Å². The number of carbonyl (C=O) groups is 1. The minimum atomic E-state index is -0.868. The Kier molecular flexibility index (Phi) is 2.26. The number of fused-ring (bicyclic) bond motifs is 3. The molecule has 2 heterocycles. The SMILES string of the molecule is O=C(O)C1=CC=Cc2[nH]c3c(c2C1)CCNO3. The van der Waals surface area contributed by atoms with Gasteiger partial charge in [0.05, 0.1) is 0 Å². The molecule has 0 amide bonds. The molecule has 0 bridgehead atoms. The first-order chi connectivity index (χ1) is 8.25. The van der Waals surface area contributed by atoms with Gasteiger partial charge in [0.15, 0.2) is 0 Å². The van der Waals surface area contributed by atoms with Crippen LogP contribution in [-0.4, -0.2) is 22.6 Å². The molecule has 2 aliphatic rings. The van der Waals surface area contributed by atoms with E-state index in [-0.39, 0.29) is 0 Å². The largest absolute Gasteiger partial charge is 0.478 e. The molecule has 1 aromatic rings. The Morgan fingerprint density at radius 1 is 1.41 bits per heavy atom. The Hall–Kier alpha value is -2.01. The second-order valence-corrected chi connectivity index (χ2v) is 4.10. The van der Waals surface area contributed by atoms with Crippen LogP contribution in [0.25, 0.3) is 6.08 Å². The summed E-state index contributed by atoms with van der Waals surface area (Å²) >= 11 is 0. The standard InChI is InChI=1S/C12H12N2O3/c15-12(16)7-2-1-3-10-9(6-7)8-4-5-13-17-11(8)14-10/h1-3,13-14H,4-6H2,(H,15,16). The third-order valence-corrected chi connectivity index (χ3v) is 3.07. The highest BCUT2D eigenvalue weighted by Crippen LogP contribution is 2.31. The molecule has 0 atom stereocenters. The van der Waals surface area contributed by atoms with E-state index in [0.717, 1.165) is 29.8 Å². The van der Waals surface area contributed by atoms with Crippen LogP contribution in [0, 0.1) is 0 Å². The Balaban J connectivity index is 2.06. The van der Waals surface area contributed by atoms with Crippen molar-refractivity contribution < 1.29 is 14.7 Å². The number of carboxylic acids is 1. The van der Waals surface area contributed by atoms with E-state index in [1.165, 1.54) is 0 Å². The van der Waals surface area contributed by atoms with Crippen molar-refractivity contribution in [2.75, 3.05) is 6.54 Å². The van der Waals surface area contributed by atoms with Crippen molar-refractivity contribution in [3.05, 3.63) is 34.5 Å². The Morgan fingerprint density at radius 2 is 2.29 bits per heavy atom. The van der Waals surface area contributed by atoms with Gasteiger partial charge in [0.2, 0.25) is 5.88 Å². The molecule has 0 fully saturated rings. The van der Waals surface area contributed by atoms with E-state index in [9.17, 15) is 4.79 Å². The molecule has 0 aromatic carbocycles. The average Bonchev–Trinajstić information content (AvgIpc) is 2.53. The first kappa shape index (κ1) is 10.2. The third-order valence-electron chi connectivity index (χ3n) is 3.07. The molecule has 0 saturated heterocycles. The van der Waals surface area contributed by atoms with E-state index in [1.54, 1.807) is 12.2 Å². The molecule has 3 N–H and O–H groups in total. The van der Waals surface area contributed by atoms with Crippen molar-refractivity contribution >= 4 is 12.0 Å². The fraction of sp³-hybridized carbons (Fsp3) is 0.250. The van der Waals surface area contributed by atoms with E-state index in [1.807, 2.05) is 6.08 Å². The van der Waals surface area contributed by atoms with Crippen molar-refractivity contribution in [3.8, 4) is 5.88 Å². The molecule has 0 saturated carbocycles. The summed E-state index contributed by atoms with van der Waals surface area (Å²) in [5.74, 6) is -0.162. The molecule has 17 heavy (non-hydrogen) atoms. The van der Waals surface area contributed by atoms with Gasteiger partial charge in [-0.15, -0.1) is 0 Å². The highest BCUT2D eigenvalue weighted by atomic mass is 16.7. The highest BCUT2D eigenvalue weighted by Gasteiger charge is 2.23. The van der Waals surface area contributed by atoms with E-state index in [4.69, 9.17) is 9.94 Å². The lowest BCUT2D eigenvalue weighted by atomic mass is 10.0. The maximum atomic E-state index is 11.1. The molecule has 0 spiro atoms. The molecule has 3 rings (SSSR count). The van der Waals surface area contributed by atoms with Gasteiger partial charge in [-0.1, -0.05) is 12.2 Å². The van der Waals surface area contributed by atoms with Gasteiger partial charge in [-0.05, 0) is 18.1 Å². The predicted molar refractivity (Wildman–Crippen MR) is 61.6 cm³/mol. The molecular formula is C12H12N2O3. The van der Waals surface area contributed by atoms with Crippen LogP contribution in [0.2, 0.25) is 0 Å².